The van der Waals surface area contributed by atoms with Crippen LogP contribution in [0.3, 0.4) is 0 Å². The van der Waals surface area contributed by atoms with Crippen molar-refractivity contribution >= 4 is 11.6 Å². The lowest BCUT2D eigenvalue weighted by Crippen LogP contribution is -1.96. The molecule has 4 heteroatoms. The molecule has 1 aromatic heterocycles. The minimum atomic E-state index is 0.239. The molecule has 2 rings (SSSR count). The quantitative estimate of drug-likeness (QED) is 0.825. The molecule has 0 aliphatic heterocycles. The fraction of sp³-hybridized carbons (Fsp3) is 0.200. The van der Waals surface area contributed by atoms with Crippen molar-refractivity contribution in [1.29, 1.82) is 5.26 Å². The highest BCUT2D eigenvalue weighted by molar-refractivity contribution is 6.33. The number of halogens is 1. The molecular formula is C15H13ClN2O. The summed E-state index contributed by atoms with van der Waals surface area (Å²) >= 11 is 6.08. The highest BCUT2D eigenvalue weighted by Gasteiger charge is 2.13. The second kappa shape index (κ2) is 5.73. The third kappa shape index (κ3) is 2.86. The maximum Gasteiger partial charge on any atom is 0.239 e. The van der Waals surface area contributed by atoms with Crippen molar-refractivity contribution in [2.24, 2.45) is 0 Å². The molecule has 0 aliphatic rings. The molecule has 2 aromatic rings. The zero-order valence-corrected chi connectivity index (χ0v) is 11.5. The van der Waals surface area contributed by atoms with Crippen LogP contribution in [0.1, 0.15) is 30.9 Å². The minimum Gasteiger partial charge on any atom is -0.437 e. The maximum absolute atomic E-state index is 8.93. The smallest absolute Gasteiger partial charge is 0.239 e. The van der Waals surface area contributed by atoms with Crippen LogP contribution >= 0.6 is 11.6 Å². The fourth-order valence-electron chi connectivity index (χ4n) is 1.74. The summed E-state index contributed by atoms with van der Waals surface area (Å²) in [5.41, 5.74) is 1.43. The summed E-state index contributed by atoms with van der Waals surface area (Å²) in [6.07, 6.45) is 1.51. The lowest BCUT2D eigenvalue weighted by molar-refractivity contribution is 0.454. The van der Waals surface area contributed by atoms with Crippen molar-refractivity contribution in [3.8, 4) is 17.7 Å². The van der Waals surface area contributed by atoms with Crippen LogP contribution in [0, 0.1) is 11.3 Å². The van der Waals surface area contributed by atoms with Gasteiger partial charge in [0.1, 0.15) is 16.8 Å². The zero-order chi connectivity index (χ0) is 13.8. The SMILES string of the molecule is CC(C)c1ccccc1Oc1nccc(C#N)c1Cl. The molecular weight excluding hydrogens is 260 g/mol. The Labute approximate surface area is 117 Å². The van der Waals surface area contributed by atoms with Gasteiger partial charge in [-0.2, -0.15) is 5.26 Å². The number of ether oxygens (including phenoxy) is 1. The average Bonchev–Trinajstić information content (AvgIpc) is 2.41. The Hall–Kier alpha value is -2.05. The molecule has 0 saturated carbocycles. The van der Waals surface area contributed by atoms with Crippen LogP contribution in [-0.2, 0) is 0 Å². The first kappa shape index (κ1) is 13.4. The van der Waals surface area contributed by atoms with E-state index in [1.807, 2.05) is 30.3 Å². The molecule has 0 aliphatic carbocycles. The molecule has 19 heavy (non-hydrogen) atoms. The number of nitrogens with zero attached hydrogens (tertiary/aromatic N) is 2. The average molecular weight is 273 g/mol. The Kier molecular flexibility index (Phi) is 4.03. The summed E-state index contributed by atoms with van der Waals surface area (Å²) in [4.78, 5) is 4.08. The first-order valence-corrected chi connectivity index (χ1v) is 6.32. The summed E-state index contributed by atoms with van der Waals surface area (Å²) in [5.74, 6) is 1.30. The number of para-hydroxylation sites is 1. The van der Waals surface area contributed by atoms with E-state index in [9.17, 15) is 0 Å². The number of pyridine rings is 1. The predicted octanol–water partition coefficient (Wildman–Crippen LogP) is 4.52. The second-order valence-corrected chi connectivity index (χ2v) is 4.76. The normalized spacial score (nSPS) is 10.3. The van der Waals surface area contributed by atoms with E-state index in [1.165, 1.54) is 6.20 Å². The summed E-state index contributed by atoms with van der Waals surface area (Å²) < 4.78 is 5.75. The third-order valence-corrected chi connectivity index (χ3v) is 3.09. The minimum absolute atomic E-state index is 0.239. The van der Waals surface area contributed by atoms with E-state index in [0.717, 1.165) is 5.56 Å². The van der Waals surface area contributed by atoms with Crippen LogP contribution in [-0.4, -0.2) is 4.98 Å². The highest BCUT2D eigenvalue weighted by Crippen LogP contribution is 2.33. The Morgan fingerprint density at radius 2 is 2.00 bits per heavy atom. The molecule has 0 radical (unpaired) electrons. The Morgan fingerprint density at radius 1 is 1.26 bits per heavy atom. The Balaban J connectivity index is 2.40. The molecule has 0 saturated heterocycles. The first-order chi connectivity index (χ1) is 9.13. The number of rotatable bonds is 3. The van der Waals surface area contributed by atoms with E-state index in [2.05, 4.69) is 18.8 Å². The van der Waals surface area contributed by atoms with Crippen LogP contribution < -0.4 is 4.74 Å². The van der Waals surface area contributed by atoms with Crippen LogP contribution in [0.4, 0.5) is 0 Å². The van der Waals surface area contributed by atoms with E-state index in [1.54, 1.807) is 6.07 Å². The van der Waals surface area contributed by atoms with Crippen LogP contribution in [0.15, 0.2) is 36.5 Å². The van der Waals surface area contributed by atoms with E-state index < -0.39 is 0 Å². The van der Waals surface area contributed by atoms with Gasteiger partial charge in [0.25, 0.3) is 0 Å². The molecule has 0 bridgehead atoms. The summed E-state index contributed by atoms with van der Waals surface area (Å²) in [7, 11) is 0. The van der Waals surface area contributed by atoms with Crippen LogP contribution in [0.25, 0.3) is 0 Å². The lowest BCUT2D eigenvalue weighted by Gasteiger charge is -2.13. The van der Waals surface area contributed by atoms with Crippen molar-refractivity contribution in [2.45, 2.75) is 19.8 Å². The lowest BCUT2D eigenvalue weighted by atomic mass is 10.0. The maximum atomic E-state index is 8.93. The Bertz CT molecular complexity index is 632. The second-order valence-electron chi connectivity index (χ2n) is 4.38. The van der Waals surface area contributed by atoms with Crippen molar-refractivity contribution in [1.82, 2.24) is 4.98 Å². The van der Waals surface area contributed by atoms with Gasteiger partial charge in [0.2, 0.25) is 5.88 Å². The van der Waals surface area contributed by atoms with Crippen LogP contribution in [0.5, 0.6) is 11.6 Å². The first-order valence-electron chi connectivity index (χ1n) is 5.95. The van der Waals surface area contributed by atoms with Gasteiger partial charge in [0.15, 0.2) is 0 Å². The van der Waals surface area contributed by atoms with Gasteiger partial charge in [-0.25, -0.2) is 4.98 Å². The molecule has 0 fully saturated rings. The molecule has 0 N–H and O–H groups in total. The van der Waals surface area contributed by atoms with Gasteiger partial charge in [-0.05, 0) is 23.6 Å². The molecule has 96 valence electrons. The number of hydrogen-bond donors (Lipinski definition) is 0. The van der Waals surface area contributed by atoms with Crippen LogP contribution in [0.2, 0.25) is 5.02 Å². The van der Waals surface area contributed by atoms with Gasteiger partial charge in [-0.1, -0.05) is 43.6 Å². The molecule has 1 aromatic carbocycles. The molecule has 0 amide bonds. The van der Waals surface area contributed by atoms with E-state index in [4.69, 9.17) is 21.6 Å². The van der Waals surface area contributed by atoms with E-state index >= 15 is 0 Å². The molecule has 0 unspecified atom stereocenters. The third-order valence-electron chi connectivity index (χ3n) is 2.73. The highest BCUT2D eigenvalue weighted by atomic mass is 35.5. The van der Waals surface area contributed by atoms with Gasteiger partial charge in [0.05, 0.1) is 5.56 Å². The van der Waals surface area contributed by atoms with Gasteiger partial charge in [-0.15, -0.1) is 0 Å². The van der Waals surface area contributed by atoms with Gasteiger partial charge in [-0.3, -0.25) is 0 Å². The topological polar surface area (TPSA) is 45.9 Å². The number of aromatic nitrogens is 1. The van der Waals surface area contributed by atoms with Gasteiger partial charge >= 0.3 is 0 Å². The van der Waals surface area contributed by atoms with Crippen molar-refractivity contribution in [3.05, 3.63) is 52.7 Å². The summed E-state index contributed by atoms with van der Waals surface area (Å²) in [5, 5.41) is 9.17. The van der Waals surface area contributed by atoms with Gasteiger partial charge < -0.3 is 4.74 Å². The van der Waals surface area contributed by atoms with Crippen molar-refractivity contribution in [2.75, 3.05) is 0 Å². The van der Waals surface area contributed by atoms with Crippen molar-refractivity contribution < 1.29 is 4.74 Å². The molecule has 0 atom stereocenters. The summed E-state index contributed by atoms with van der Waals surface area (Å²) in [6.45, 7) is 4.17. The number of hydrogen-bond acceptors (Lipinski definition) is 3. The molecule has 3 nitrogen and oxygen atoms in total. The number of nitriles is 1. The standard InChI is InChI=1S/C15H13ClN2O/c1-10(2)12-5-3-4-6-13(12)19-15-14(16)11(9-17)7-8-18-15/h3-8,10H,1-2H3. The fourth-order valence-corrected chi connectivity index (χ4v) is 1.93. The van der Waals surface area contributed by atoms with Crippen molar-refractivity contribution in [3.63, 3.8) is 0 Å². The summed E-state index contributed by atoms with van der Waals surface area (Å²) in [6, 6.07) is 11.3. The number of benzene rings is 1. The zero-order valence-electron chi connectivity index (χ0n) is 10.7. The van der Waals surface area contributed by atoms with E-state index in [0.29, 0.717) is 17.2 Å². The Morgan fingerprint density at radius 3 is 2.68 bits per heavy atom. The molecule has 0 spiro atoms. The monoisotopic (exact) mass is 272 g/mol. The largest absolute Gasteiger partial charge is 0.437 e. The van der Waals surface area contributed by atoms with Gasteiger partial charge in [0, 0.05) is 6.20 Å². The molecule has 1 heterocycles. The predicted molar refractivity (Wildman–Crippen MR) is 74.6 cm³/mol. The van der Waals surface area contributed by atoms with E-state index in [-0.39, 0.29) is 10.9 Å².